The molecule has 0 aromatic carbocycles. The Morgan fingerprint density at radius 2 is 1.88 bits per heavy atom. The summed E-state index contributed by atoms with van der Waals surface area (Å²) < 4.78 is 35.5. The SMILES string of the molecule is CC(C)CNC(=O)CNCC(O)C(F)(F)F. The van der Waals surface area contributed by atoms with Gasteiger partial charge in [0.1, 0.15) is 0 Å². The number of carbonyl (C=O) groups excluding carboxylic acids is 1. The predicted octanol–water partition coefficient (Wildman–Crippen LogP) is 0.271. The maximum atomic E-state index is 11.8. The standard InChI is InChI=1S/C9H17F3N2O2/c1-6(2)3-14-8(16)5-13-4-7(15)9(10,11)12/h6-7,13,15H,3-5H2,1-2H3,(H,14,16). The number of halogens is 3. The van der Waals surface area contributed by atoms with Crippen molar-refractivity contribution in [2.45, 2.75) is 26.1 Å². The zero-order chi connectivity index (χ0) is 12.8. The molecule has 0 aliphatic carbocycles. The maximum Gasteiger partial charge on any atom is 0.415 e. The number of alkyl halides is 3. The molecule has 1 atom stereocenters. The van der Waals surface area contributed by atoms with Gasteiger partial charge in [0.05, 0.1) is 6.54 Å². The van der Waals surface area contributed by atoms with E-state index in [-0.39, 0.29) is 18.4 Å². The molecule has 96 valence electrons. The lowest BCUT2D eigenvalue weighted by Crippen LogP contribution is -2.42. The lowest BCUT2D eigenvalue weighted by Gasteiger charge is -2.15. The monoisotopic (exact) mass is 242 g/mol. The molecular weight excluding hydrogens is 225 g/mol. The van der Waals surface area contributed by atoms with Crippen LogP contribution in [0.25, 0.3) is 0 Å². The normalized spacial score (nSPS) is 13.9. The van der Waals surface area contributed by atoms with Gasteiger partial charge in [-0.05, 0) is 5.92 Å². The van der Waals surface area contributed by atoms with E-state index in [1.165, 1.54) is 0 Å². The highest BCUT2D eigenvalue weighted by atomic mass is 19.4. The van der Waals surface area contributed by atoms with Gasteiger partial charge in [0, 0.05) is 13.1 Å². The van der Waals surface area contributed by atoms with Crippen molar-refractivity contribution in [2.75, 3.05) is 19.6 Å². The molecule has 0 saturated heterocycles. The van der Waals surface area contributed by atoms with Crippen molar-refractivity contribution in [3.63, 3.8) is 0 Å². The van der Waals surface area contributed by atoms with E-state index in [1.807, 2.05) is 13.8 Å². The second kappa shape index (κ2) is 6.70. The molecule has 0 rings (SSSR count). The minimum absolute atomic E-state index is 0.236. The van der Waals surface area contributed by atoms with Gasteiger partial charge in [0.15, 0.2) is 6.10 Å². The van der Waals surface area contributed by atoms with Crippen LogP contribution in [0.3, 0.4) is 0 Å². The Kier molecular flexibility index (Phi) is 6.35. The van der Waals surface area contributed by atoms with Gasteiger partial charge in [-0.15, -0.1) is 0 Å². The van der Waals surface area contributed by atoms with Crippen molar-refractivity contribution in [2.24, 2.45) is 5.92 Å². The van der Waals surface area contributed by atoms with Crippen LogP contribution in [-0.4, -0.2) is 42.9 Å². The molecule has 0 spiro atoms. The summed E-state index contributed by atoms with van der Waals surface area (Å²) in [5, 5.41) is 13.4. The van der Waals surface area contributed by atoms with Gasteiger partial charge in [-0.2, -0.15) is 13.2 Å². The van der Waals surface area contributed by atoms with Gasteiger partial charge >= 0.3 is 6.18 Å². The van der Waals surface area contributed by atoms with Gasteiger partial charge in [-0.1, -0.05) is 13.8 Å². The summed E-state index contributed by atoms with van der Waals surface area (Å²) >= 11 is 0. The Balaban J connectivity index is 3.62. The molecule has 4 nitrogen and oxygen atoms in total. The van der Waals surface area contributed by atoms with Gasteiger partial charge in [-0.3, -0.25) is 4.79 Å². The highest BCUT2D eigenvalue weighted by Gasteiger charge is 2.37. The van der Waals surface area contributed by atoms with Crippen LogP contribution in [0.4, 0.5) is 13.2 Å². The first-order chi connectivity index (χ1) is 7.23. The number of aliphatic hydroxyl groups is 1. The second-order valence-electron chi connectivity index (χ2n) is 3.89. The molecule has 0 aliphatic rings. The summed E-state index contributed by atoms with van der Waals surface area (Å²) in [6, 6.07) is 0. The van der Waals surface area contributed by atoms with Gasteiger partial charge in [0.25, 0.3) is 0 Å². The number of rotatable bonds is 6. The Morgan fingerprint density at radius 3 is 2.31 bits per heavy atom. The average Bonchev–Trinajstić information content (AvgIpc) is 2.13. The summed E-state index contributed by atoms with van der Waals surface area (Å²) in [5.41, 5.74) is 0. The summed E-state index contributed by atoms with van der Waals surface area (Å²) in [7, 11) is 0. The largest absolute Gasteiger partial charge is 0.415 e. The van der Waals surface area contributed by atoms with E-state index in [4.69, 9.17) is 5.11 Å². The molecule has 0 bridgehead atoms. The first-order valence-electron chi connectivity index (χ1n) is 4.95. The van der Waals surface area contributed by atoms with E-state index in [1.54, 1.807) is 0 Å². The van der Waals surface area contributed by atoms with Gasteiger partial charge < -0.3 is 15.7 Å². The van der Waals surface area contributed by atoms with Crippen molar-refractivity contribution in [3.05, 3.63) is 0 Å². The van der Waals surface area contributed by atoms with Crippen molar-refractivity contribution >= 4 is 5.91 Å². The molecular formula is C9H17F3N2O2. The molecule has 0 saturated carbocycles. The third kappa shape index (κ3) is 7.47. The van der Waals surface area contributed by atoms with Gasteiger partial charge in [0.2, 0.25) is 5.91 Å². The highest BCUT2D eigenvalue weighted by molar-refractivity contribution is 5.77. The average molecular weight is 242 g/mol. The Labute approximate surface area is 92.2 Å². The Morgan fingerprint density at radius 1 is 1.31 bits per heavy atom. The first-order valence-corrected chi connectivity index (χ1v) is 4.95. The molecule has 0 aliphatic heterocycles. The molecule has 0 aromatic rings. The fourth-order valence-corrected chi connectivity index (χ4v) is 0.819. The van der Waals surface area contributed by atoms with Crippen molar-refractivity contribution < 1.29 is 23.1 Å². The van der Waals surface area contributed by atoms with Crippen LogP contribution in [-0.2, 0) is 4.79 Å². The fraction of sp³-hybridized carbons (Fsp3) is 0.889. The molecule has 1 amide bonds. The number of amides is 1. The van der Waals surface area contributed by atoms with Crippen molar-refractivity contribution in [3.8, 4) is 0 Å². The van der Waals surface area contributed by atoms with Crippen LogP contribution < -0.4 is 10.6 Å². The van der Waals surface area contributed by atoms with E-state index < -0.39 is 18.8 Å². The first kappa shape index (κ1) is 15.2. The number of nitrogens with one attached hydrogen (secondary N) is 2. The molecule has 16 heavy (non-hydrogen) atoms. The summed E-state index contributed by atoms with van der Waals surface area (Å²) in [4.78, 5) is 11.0. The van der Waals surface area contributed by atoms with E-state index >= 15 is 0 Å². The predicted molar refractivity (Wildman–Crippen MR) is 52.8 cm³/mol. The van der Waals surface area contributed by atoms with Gasteiger partial charge in [-0.25, -0.2) is 0 Å². The summed E-state index contributed by atoms with van der Waals surface area (Å²) in [6.45, 7) is 3.36. The molecule has 0 fully saturated rings. The molecule has 3 N–H and O–H groups in total. The van der Waals surface area contributed by atoms with Crippen LogP contribution >= 0.6 is 0 Å². The smallest absolute Gasteiger partial charge is 0.382 e. The number of hydrogen-bond acceptors (Lipinski definition) is 3. The topological polar surface area (TPSA) is 61.4 Å². The van der Waals surface area contributed by atoms with Crippen LogP contribution in [0.5, 0.6) is 0 Å². The zero-order valence-electron chi connectivity index (χ0n) is 9.27. The minimum atomic E-state index is -4.65. The molecule has 0 heterocycles. The third-order valence-corrected chi connectivity index (χ3v) is 1.71. The fourth-order valence-electron chi connectivity index (χ4n) is 0.819. The lowest BCUT2D eigenvalue weighted by molar-refractivity contribution is -0.201. The molecule has 1 unspecified atom stereocenters. The zero-order valence-corrected chi connectivity index (χ0v) is 9.27. The molecule has 7 heteroatoms. The minimum Gasteiger partial charge on any atom is -0.382 e. The quantitative estimate of drug-likeness (QED) is 0.626. The van der Waals surface area contributed by atoms with E-state index in [0.717, 1.165) is 0 Å². The lowest BCUT2D eigenvalue weighted by atomic mass is 10.2. The Hall–Kier alpha value is -0.820. The molecule has 0 aromatic heterocycles. The van der Waals surface area contributed by atoms with Crippen molar-refractivity contribution in [1.82, 2.24) is 10.6 Å². The number of aliphatic hydroxyl groups excluding tert-OH is 1. The van der Waals surface area contributed by atoms with Crippen molar-refractivity contribution in [1.29, 1.82) is 0 Å². The van der Waals surface area contributed by atoms with E-state index in [9.17, 15) is 18.0 Å². The van der Waals surface area contributed by atoms with E-state index in [2.05, 4.69) is 10.6 Å². The van der Waals surface area contributed by atoms with Crippen LogP contribution in [0.1, 0.15) is 13.8 Å². The third-order valence-electron chi connectivity index (χ3n) is 1.71. The summed E-state index contributed by atoms with van der Waals surface area (Å²) in [6.07, 6.45) is -7.09. The van der Waals surface area contributed by atoms with Crippen LogP contribution in [0, 0.1) is 5.92 Å². The van der Waals surface area contributed by atoms with Crippen LogP contribution in [0.2, 0.25) is 0 Å². The number of carbonyl (C=O) groups is 1. The van der Waals surface area contributed by atoms with Crippen LogP contribution in [0.15, 0.2) is 0 Å². The Bertz CT molecular complexity index is 219. The van der Waals surface area contributed by atoms with E-state index in [0.29, 0.717) is 6.54 Å². The molecule has 0 radical (unpaired) electrons. The highest BCUT2D eigenvalue weighted by Crippen LogP contribution is 2.18. The number of hydrogen-bond donors (Lipinski definition) is 3. The summed E-state index contributed by atoms with van der Waals surface area (Å²) in [5.74, 6) is -0.104. The second-order valence-corrected chi connectivity index (χ2v) is 3.89. The maximum absolute atomic E-state index is 11.8.